The van der Waals surface area contributed by atoms with Gasteiger partial charge in [-0.1, -0.05) is 43.5 Å². The Bertz CT molecular complexity index is 410. The molecule has 0 aliphatic rings. The predicted octanol–water partition coefficient (Wildman–Crippen LogP) is 3.78. The molecule has 76 valence electrons. The van der Waals surface area contributed by atoms with Gasteiger partial charge in [-0.2, -0.15) is 0 Å². The van der Waals surface area contributed by atoms with Crippen molar-refractivity contribution in [2.24, 2.45) is 0 Å². The second kappa shape index (κ2) is 5.11. The highest BCUT2D eigenvalue weighted by Crippen LogP contribution is 2.18. The molecule has 1 heteroatoms. The Morgan fingerprint density at radius 2 is 1.93 bits per heavy atom. The van der Waals surface area contributed by atoms with Gasteiger partial charge < -0.3 is 0 Å². The van der Waals surface area contributed by atoms with E-state index in [0.29, 0.717) is 0 Å². The molecule has 0 N–H and O–H groups in total. The molecule has 0 bridgehead atoms. The summed E-state index contributed by atoms with van der Waals surface area (Å²) in [4.78, 5) is 4.21. The first-order valence-electron chi connectivity index (χ1n) is 4.74. The molecule has 1 aromatic heterocycles. The van der Waals surface area contributed by atoms with Crippen LogP contribution < -0.4 is 0 Å². The van der Waals surface area contributed by atoms with E-state index in [1.807, 2.05) is 37.3 Å². The molecule has 0 aliphatic heterocycles. The van der Waals surface area contributed by atoms with Crippen LogP contribution in [0.3, 0.4) is 0 Å². The Morgan fingerprint density at radius 3 is 2.47 bits per heavy atom. The van der Waals surface area contributed by atoms with E-state index >= 15 is 0 Å². The Hall–Kier alpha value is -1.89. The number of hydrogen-bond acceptors (Lipinski definition) is 1. The fourth-order valence-corrected chi connectivity index (χ4v) is 1.05. The number of rotatable bonds is 4. The molecule has 0 spiro atoms. The molecule has 1 rings (SSSR count). The molecule has 0 aromatic carbocycles. The maximum Gasteiger partial charge on any atom is 0.0701 e. The molecule has 1 nitrogen and oxygen atoms in total. The van der Waals surface area contributed by atoms with E-state index in [9.17, 15) is 0 Å². The second-order valence-electron chi connectivity index (χ2n) is 3.40. The van der Waals surface area contributed by atoms with Gasteiger partial charge in [0, 0.05) is 6.20 Å². The summed E-state index contributed by atoms with van der Waals surface area (Å²) in [7, 11) is 0. The van der Waals surface area contributed by atoms with Gasteiger partial charge in [-0.25, -0.2) is 0 Å². The fourth-order valence-electron chi connectivity index (χ4n) is 1.05. The van der Waals surface area contributed by atoms with Crippen LogP contribution in [0.25, 0.3) is 5.57 Å². The molecule has 15 heavy (non-hydrogen) atoms. The molecule has 0 atom stereocenters. The standard InChI is InChI=1S/C14H15N/c1-11(2)8-9-12(3)13(4)14-7-5-6-10-15-14/h5-10H,1,3-4H2,2H3/b9-8-. The van der Waals surface area contributed by atoms with Crippen LogP contribution in [0, 0.1) is 0 Å². The van der Waals surface area contributed by atoms with Crippen LogP contribution >= 0.6 is 0 Å². The van der Waals surface area contributed by atoms with Gasteiger partial charge in [0.05, 0.1) is 5.69 Å². The van der Waals surface area contributed by atoms with Gasteiger partial charge in [-0.15, -0.1) is 0 Å². The number of allylic oxidation sites excluding steroid dienone is 5. The molecule has 0 fully saturated rings. The van der Waals surface area contributed by atoms with Crippen LogP contribution in [-0.4, -0.2) is 4.98 Å². The normalized spacial score (nSPS) is 10.2. The summed E-state index contributed by atoms with van der Waals surface area (Å²) in [6, 6.07) is 5.73. The van der Waals surface area contributed by atoms with Crippen molar-refractivity contribution in [2.75, 3.05) is 0 Å². The van der Waals surface area contributed by atoms with Crippen molar-refractivity contribution >= 4 is 5.57 Å². The molecule has 0 saturated carbocycles. The van der Waals surface area contributed by atoms with Gasteiger partial charge >= 0.3 is 0 Å². The lowest BCUT2D eigenvalue weighted by Gasteiger charge is -2.03. The SMILES string of the molecule is C=C(C)/C=C\C(=C)C(=C)c1ccccn1. The van der Waals surface area contributed by atoms with Crippen molar-refractivity contribution < 1.29 is 0 Å². The van der Waals surface area contributed by atoms with Crippen LogP contribution in [0.4, 0.5) is 0 Å². The Labute approximate surface area is 91.2 Å². The van der Waals surface area contributed by atoms with E-state index in [1.54, 1.807) is 6.20 Å². The second-order valence-corrected chi connectivity index (χ2v) is 3.40. The third-order valence-corrected chi connectivity index (χ3v) is 1.93. The topological polar surface area (TPSA) is 12.9 Å². The highest BCUT2D eigenvalue weighted by molar-refractivity contribution is 5.77. The summed E-state index contributed by atoms with van der Waals surface area (Å²) in [5.74, 6) is 0. The third-order valence-electron chi connectivity index (χ3n) is 1.93. The Balaban J connectivity index is 2.79. The van der Waals surface area contributed by atoms with Crippen molar-refractivity contribution in [3.8, 4) is 0 Å². The number of hydrogen-bond donors (Lipinski definition) is 0. The average Bonchev–Trinajstić information content (AvgIpc) is 2.26. The zero-order chi connectivity index (χ0) is 11.3. The van der Waals surface area contributed by atoms with Crippen LogP contribution in [-0.2, 0) is 0 Å². The number of pyridine rings is 1. The first kappa shape index (κ1) is 11.2. The van der Waals surface area contributed by atoms with Crippen molar-refractivity contribution in [3.05, 3.63) is 73.1 Å². The minimum atomic E-state index is 0.841. The molecule has 0 saturated heterocycles. The molecule has 0 amide bonds. The van der Waals surface area contributed by atoms with Gasteiger partial charge in [0.2, 0.25) is 0 Å². The molecular weight excluding hydrogens is 182 g/mol. The van der Waals surface area contributed by atoms with Gasteiger partial charge in [0.1, 0.15) is 0 Å². The summed E-state index contributed by atoms with van der Waals surface area (Å²) in [6.45, 7) is 13.6. The molecule has 0 aliphatic carbocycles. The van der Waals surface area contributed by atoms with Crippen molar-refractivity contribution in [1.82, 2.24) is 4.98 Å². The molecule has 0 unspecified atom stereocenters. The maximum atomic E-state index is 4.21. The van der Waals surface area contributed by atoms with Gasteiger partial charge in [-0.05, 0) is 30.2 Å². The zero-order valence-electron chi connectivity index (χ0n) is 9.03. The van der Waals surface area contributed by atoms with Crippen molar-refractivity contribution in [3.63, 3.8) is 0 Å². The maximum absolute atomic E-state index is 4.21. The largest absolute Gasteiger partial charge is 0.256 e. The minimum absolute atomic E-state index is 0.841. The summed E-state index contributed by atoms with van der Waals surface area (Å²) in [6.07, 6.45) is 5.56. The molecule has 1 aromatic rings. The van der Waals surface area contributed by atoms with E-state index in [0.717, 1.165) is 22.4 Å². The van der Waals surface area contributed by atoms with Crippen molar-refractivity contribution in [2.45, 2.75) is 6.92 Å². The van der Waals surface area contributed by atoms with E-state index in [1.165, 1.54) is 0 Å². The van der Waals surface area contributed by atoms with E-state index in [4.69, 9.17) is 0 Å². The minimum Gasteiger partial charge on any atom is -0.256 e. The summed E-state index contributed by atoms with van der Waals surface area (Å²) >= 11 is 0. The highest BCUT2D eigenvalue weighted by Gasteiger charge is 2.00. The lowest BCUT2D eigenvalue weighted by molar-refractivity contribution is 1.28. The van der Waals surface area contributed by atoms with Crippen LogP contribution in [0.15, 0.2) is 67.4 Å². The van der Waals surface area contributed by atoms with Crippen LogP contribution in [0.2, 0.25) is 0 Å². The first-order chi connectivity index (χ1) is 7.11. The van der Waals surface area contributed by atoms with Gasteiger partial charge in [0.15, 0.2) is 0 Å². The summed E-state index contributed by atoms with van der Waals surface area (Å²) in [5.41, 5.74) is 3.55. The average molecular weight is 197 g/mol. The summed E-state index contributed by atoms with van der Waals surface area (Å²) in [5, 5.41) is 0. The monoisotopic (exact) mass is 197 g/mol. The third kappa shape index (κ3) is 3.39. The molecular formula is C14H15N. The van der Waals surface area contributed by atoms with E-state index in [-0.39, 0.29) is 0 Å². The Kier molecular flexibility index (Phi) is 3.81. The van der Waals surface area contributed by atoms with Crippen LogP contribution in [0.5, 0.6) is 0 Å². The number of aromatic nitrogens is 1. The lowest BCUT2D eigenvalue weighted by atomic mass is 10.0. The smallest absolute Gasteiger partial charge is 0.0701 e. The van der Waals surface area contributed by atoms with Crippen LogP contribution in [0.1, 0.15) is 12.6 Å². The van der Waals surface area contributed by atoms with Gasteiger partial charge in [0.25, 0.3) is 0 Å². The quantitative estimate of drug-likeness (QED) is 0.669. The number of nitrogens with zero attached hydrogens (tertiary/aromatic N) is 1. The fraction of sp³-hybridized carbons (Fsp3) is 0.0714. The summed E-state index contributed by atoms with van der Waals surface area (Å²) < 4.78 is 0. The van der Waals surface area contributed by atoms with Crippen molar-refractivity contribution in [1.29, 1.82) is 0 Å². The first-order valence-corrected chi connectivity index (χ1v) is 4.74. The molecule has 0 radical (unpaired) electrons. The zero-order valence-corrected chi connectivity index (χ0v) is 9.03. The molecule has 1 heterocycles. The van der Waals surface area contributed by atoms with E-state index < -0.39 is 0 Å². The lowest BCUT2D eigenvalue weighted by Crippen LogP contribution is -1.87. The van der Waals surface area contributed by atoms with Gasteiger partial charge in [-0.3, -0.25) is 4.98 Å². The van der Waals surface area contributed by atoms with E-state index in [2.05, 4.69) is 24.7 Å². The highest BCUT2D eigenvalue weighted by atomic mass is 14.7. The Morgan fingerprint density at radius 1 is 1.20 bits per heavy atom. The predicted molar refractivity (Wildman–Crippen MR) is 66.4 cm³/mol.